The molecule has 0 spiro atoms. The van der Waals surface area contributed by atoms with Gasteiger partial charge in [0.05, 0.1) is 17.1 Å². The first-order valence-corrected chi connectivity index (χ1v) is 4.31. The van der Waals surface area contributed by atoms with E-state index in [0.29, 0.717) is 16.7 Å². The molecule has 0 radical (unpaired) electrons. The number of nitrogens with one attached hydrogen (secondary N) is 2. The van der Waals surface area contributed by atoms with Gasteiger partial charge in [0, 0.05) is 11.7 Å². The summed E-state index contributed by atoms with van der Waals surface area (Å²) >= 11 is 1.13. The fourth-order valence-corrected chi connectivity index (χ4v) is 1.86. The summed E-state index contributed by atoms with van der Waals surface area (Å²) in [6.07, 6.45) is 1.60. The first kappa shape index (κ1) is 6.72. The van der Waals surface area contributed by atoms with Gasteiger partial charge in [-0.25, -0.2) is 0 Å². The Bertz CT molecular complexity index is 635. The maximum absolute atomic E-state index is 11.4. The summed E-state index contributed by atoms with van der Waals surface area (Å²) in [4.78, 5) is 13.9. The van der Waals surface area contributed by atoms with Crippen LogP contribution in [0, 0.1) is 0 Å². The molecule has 0 aliphatic carbocycles. The first-order valence-electron chi connectivity index (χ1n) is 3.53. The number of pyridine rings is 1. The molecule has 0 unspecified atom stereocenters. The van der Waals surface area contributed by atoms with Crippen LogP contribution in [0.2, 0.25) is 0 Å². The van der Waals surface area contributed by atoms with Gasteiger partial charge in [-0.1, -0.05) is 0 Å². The van der Waals surface area contributed by atoms with Gasteiger partial charge in [-0.2, -0.15) is 9.47 Å². The van der Waals surface area contributed by atoms with Gasteiger partial charge in [-0.15, -0.1) is 5.10 Å². The smallest absolute Gasteiger partial charge is 0.278 e. The maximum Gasteiger partial charge on any atom is 0.278 e. The van der Waals surface area contributed by atoms with Crippen molar-refractivity contribution in [1.29, 1.82) is 0 Å². The van der Waals surface area contributed by atoms with Crippen molar-refractivity contribution in [1.82, 2.24) is 23.9 Å². The summed E-state index contributed by atoms with van der Waals surface area (Å²) in [6.45, 7) is 0. The van der Waals surface area contributed by atoms with Crippen molar-refractivity contribution in [2.24, 2.45) is 0 Å². The van der Waals surface area contributed by atoms with E-state index in [4.69, 9.17) is 0 Å². The zero-order chi connectivity index (χ0) is 8.84. The molecule has 0 bridgehead atoms. The van der Waals surface area contributed by atoms with Crippen LogP contribution >= 0.6 is 11.7 Å². The van der Waals surface area contributed by atoms with E-state index in [2.05, 4.69) is 23.9 Å². The van der Waals surface area contributed by atoms with Gasteiger partial charge in [0.25, 0.3) is 5.56 Å². The Morgan fingerprint density at radius 3 is 3.31 bits per heavy atom. The van der Waals surface area contributed by atoms with Crippen molar-refractivity contribution in [2.45, 2.75) is 0 Å². The number of rotatable bonds is 0. The molecule has 0 aromatic carbocycles. The minimum atomic E-state index is -0.236. The Hall–Kier alpha value is -1.76. The van der Waals surface area contributed by atoms with Crippen LogP contribution < -0.4 is 5.56 Å². The van der Waals surface area contributed by atoms with Crippen LogP contribution in [0.4, 0.5) is 0 Å². The molecule has 0 aliphatic rings. The zero-order valence-corrected chi connectivity index (χ0v) is 7.05. The van der Waals surface area contributed by atoms with E-state index in [9.17, 15) is 4.79 Å². The number of aromatic nitrogens is 5. The van der Waals surface area contributed by atoms with Gasteiger partial charge in [0.2, 0.25) is 0 Å². The topological polar surface area (TPSA) is 87.3 Å². The SMILES string of the molecule is O=c1[nH]c2nncc2c2[nH]snc12. The molecule has 6 nitrogen and oxygen atoms in total. The van der Waals surface area contributed by atoms with Crippen molar-refractivity contribution in [3.63, 3.8) is 0 Å². The van der Waals surface area contributed by atoms with Gasteiger partial charge in [-0.05, 0) is 0 Å². The predicted octanol–water partition coefficient (Wildman–Crippen LogP) is 0.256. The van der Waals surface area contributed by atoms with E-state index < -0.39 is 0 Å². The Labute approximate surface area is 74.9 Å². The fraction of sp³-hybridized carbons (Fsp3) is 0. The van der Waals surface area contributed by atoms with Gasteiger partial charge in [-0.3, -0.25) is 9.17 Å². The van der Waals surface area contributed by atoms with Gasteiger partial charge in [0.1, 0.15) is 0 Å². The largest absolute Gasteiger partial charge is 0.303 e. The average Bonchev–Trinajstić information content (AvgIpc) is 2.66. The average molecular weight is 193 g/mol. The molecule has 3 aromatic heterocycles. The number of fused-ring (bicyclic) bond motifs is 3. The highest BCUT2D eigenvalue weighted by molar-refractivity contribution is 7.00. The summed E-state index contributed by atoms with van der Waals surface area (Å²) in [7, 11) is 0. The van der Waals surface area contributed by atoms with Gasteiger partial charge < -0.3 is 4.98 Å². The molecule has 0 saturated carbocycles. The van der Waals surface area contributed by atoms with Crippen molar-refractivity contribution < 1.29 is 0 Å². The molecule has 7 heteroatoms. The molecule has 13 heavy (non-hydrogen) atoms. The minimum absolute atomic E-state index is 0.236. The molecular formula is C6H3N5OS. The molecule has 3 aromatic rings. The van der Waals surface area contributed by atoms with E-state index in [1.165, 1.54) is 0 Å². The summed E-state index contributed by atoms with van der Waals surface area (Å²) in [6, 6.07) is 0. The molecule has 64 valence electrons. The van der Waals surface area contributed by atoms with Crippen LogP contribution in [0.1, 0.15) is 0 Å². The highest BCUT2D eigenvalue weighted by Crippen LogP contribution is 2.16. The Balaban J connectivity index is 2.79. The van der Waals surface area contributed by atoms with E-state index in [0.717, 1.165) is 17.1 Å². The number of H-pyrrole nitrogens is 2. The Kier molecular flexibility index (Phi) is 1.10. The molecule has 0 atom stereocenters. The van der Waals surface area contributed by atoms with E-state index in [-0.39, 0.29) is 5.56 Å². The number of hydrogen-bond acceptors (Lipinski definition) is 5. The maximum atomic E-state index is 11.4. The van der Waals surface area contributed by atoms with Crippen LogP contribution in [0.5, 0.6) is 0 Å². The molecule has 3 heterocycles. The summed E-state index contributed by atoms with van der Waals surface area (Å²) < 4.78 is 6.85. The summed E-state index contributed by atoms with van der Waals surface area (Å²) in [5.41, 5.74) is 1.37. The van der Waals surface area contributed by atoms with Crippen molar-refractivity contribution in [3.05, 3.63) is 16.6 Å². The lowest BCUT2D eigenvalue weighted by Gasteiger charge is -1.87. The van der Waals surface area contributed by atoms with Crippen LogP contribution in [0.25, 0.3) is 22.1 Å². The number of nitrogens with zero attached hydrogens (tertiary/aromatic N) is 3. The normalized spacial score (nSPS) is 11.4. The van der Waals surface area contributed by atoms with Crippen molar-refractivity contribution in [2.75, 3.05) is 0 Å². The molecule has 0 fully saturated rings. The van der Waals surface area contributed by atoms with Crippen LogP contribution in [-0.2, 0) is 0 Å². The Morgan fingerprint density at radius 2 is 2.38 bits per heavy atom. The van der Waals surface area contributed by atoms with E-state index in [1.807, 2.05) is 0 Å². The summed E-state index contributed by atoms with van der Waals surface area (Å²) in [5.74, 6) is 0. The van der Waals surface area contributed by atoms with Crippen molar-refractivity contribution in [3.8, 4) is 0 Å². The molecule has 0 amide bonds. The summed E-state index contributed by atoms with van der Waals surface area (Å²) in [5, 5.41) is 8.26. The lowest BCUT2D eigenvalue weighted by Crippen LogP contribution is -2.05. The van der Waals surface area contributed by atoms with E-state index in [1.54, 1.807) is 6.20 Å². The predicted molar refractivity (Wildman–Crippen MR) is 47.7 cm³/mol. The second-order valence-electron chi connectivity index (χ2n) is 2.57. The third-order valence-corrected chi connectivity index (χ3v) is 2.41. The molecular weight excluding hydrogens is 190 g/mol. The van der Waals surface area contributed by atoms with Gasteiger partial charge >= 0.3 is 0 Å². The highest BCUT2D eigenvalue weighted by Gasteiger charge is 2.08. The van der Waals surface area contributed by atoms with E-state index >= 15 is 0 Å². The first-order chi connectivity index (χ1) is 6.36. The fourth-order valence-electron chi connectivity index (χ4n) is 1.25. The Morgan fingerprint density at radius 1 is 1.46 bits per heavy atom. The minimum Gasteiger partial charge on any atom is -0.303 e. The van der Waals surface area contributed by atoms with Gasteiger partial charge in [0.15, 0.2) is 11.2 Å². The second-order valence-corrected chi connectivity index (χ2v) is 3.14. The second kappa shape index (κ2) is 2.13. The number of aromatic amines is 2. The molecule has 0 saturated heterocycles. The molecule has 3 rings (SSSR count). The third kappa shape index (κ3) is 0.760. The quantitative estimate of drug-likeness (QED) is 0.536. The third-order valence-electron chi connectivity index (χ3n) is 1.84. The lowest BCUT2D eigenvalue weighted by molar-refractivity contribution is 1.09. The van der Waals surface area contributed by atoms with Crippen LogP contribution in [0.15, 0.2) is 11.0 Å². The highest BCUT2D eigenvalue weighted by atomic mass is 32.1. The van der Waals surface area contributed by atoms with Crippen molar-refractivity contribution >= 4 is 33.8 Å². The molecule has 2 N–H and O–H groups in total. The number of hydrogen-bond donors (Lipinski definition) is 2. The monoisotopic (exact) mass is 193 g/mol. The lowest BCUT2D eigenvalue weighted by atomic mass is 10.3. The standard InChI is InChI=1S/C6H3N5OS/c12-6-4-3(10-13-11-4)2-1-7-9-5(2)8-6/h1,10H,(H,8,9,12). The molecule has 0 aliphatic heterocycles. The van der Waals surface area contributed by atoms with Crippen LogP contribution in [0.3, 0.4) is 0 Å². The zero-order valence-electron chi connectivity index (χ0n) is 6.24. The van der Waals surface area contributed by atoms with Crippen LogP contribution in [-0.4, -0.2) is 23.9 Å².